The van der Waals surface area contributed by atoms with Crippen molar-refractivity contribution in [1.82, 2.24) is 19.1 Å². The Labute approximate surface area is 442 Å². The Bertz CT molecular complexity index is 3810. The molecule has 0 fully saturated rings. The molecule has 11 rings (SSSR count). The van der Waals surface area contributed by atoms with Crippen molar-refractivity contribution < 1.29 is 30.2 Å². The van der Waals surface area contributed by atoms with Gasteiger partial charge in [-0.3, -0.25) is 9.97 Å². The number of imidazole rings is 2. The number of aromatic nitrogens is 4. The van der Waals surface area contributed by atoms with E-state index in [2.05, 4.69) is 191 Å². The largest absolute Gasteiger partial charge is 2.00 e. The van der Waals surface area contributed by atoms with Crippen LogP contribution in [0.25, 0.3) is 94.3 Å². The maximum atomic E-state index is 8.01. The number of fused-ring (bicyclic) bond motifs is 3. The van der Waals surface area contributed by atoms with E-state index < -0.39 is 0 Å². The molecular weight excluding hydrogens is 1080 g/mol. The van der Waals surface area contributed by atoms with E-state index in [4.69, 9.17) is 25.7 Å². The van der Waals surface area contributed by atoms with Crippen LogP contribution in [-0.4, -0.2) is 19.1 Å². The topological polar surface area (TPSA) is 62.4 Å². The minimum absolute atomic E-state index is 0. The molecule has 0 spiro atoms. The summed E-state index contributed by atoms with van der Waals surface area (Å²) in [6.07, 6.45) is 1.68. The van der Waals surface area contributed by atoms with Gasteiger partial charge in [-0.15, -0.1) is 29.3 Å². The molecule has 73 heavy (non-hydrogen) atoms. The van der Waals surface area contributed by atoms with Crippen LogP contribution < -0.4 is 4.74 Å². The third-order valence-electron chi connectivity index (χ3n) is 13.7. The van der Waals surface area contributed by atoms with Crippen molar-refractivity contribution in [1.29, 1.82) is 0 Å². The predicted molar refractivity (Wildman–Crippen MR) is 294 cm³/mol. The predicted octanol–water partition coefficient (Wildman–Crippen LogP) is 18.2. The molecule has 0 aliphatic heterocycles. The van der Waals surface area contributed by atoms with E-state index in [1.807, 2.05) is 48.5 Å². The van der Waals surface area contributed by atoms with Crippen molar-refractivity contribution >= 4 is 38.7 Å². The van der Waals surface area contributed by atoms with Crippen LogP contribution in [0.3, 0.4) is 0 Å². The first kappa shape index (κ1) is 48.8. The molecular formula is C65H55N5O2Pt. The molecule has 0 N–H and O–H groups in total. The first-order valence-electron chi connectivity index (χ1n) is 24.9. The van der Waals surface area contributed by atoms with Crippen LogP contribution in [0.4, 0.5) is 5.69 Å². The number of ether oxygens (including phenoxy) is 1. The van der Waals surface area contributed by atoms with Gasteiger partial charge in [0.2, 0.25) is 0 Å². The molecule has 0 unspecified atom stereocenters. The fourth-order valence-electron chi connectivity index (χ4n) is 10.1. The van der Waals surface area contributed by atoms with Crippen LogP contribution in [0.2, 0.25) is 0 Å². The minimum atomic E-state index is 0. The molecule has 0 saturated carbocycles. The van der Waals surface area contributed by atoms with E-state index in [1.165, 1.54) is 33.4 Å². The van der Waals surface area contributed by atoms with E-state index in [1.54, 1.807) is 6.26 Å². The molecule has 7 nitrogen and oxygen atoms in total. The fraction of sp³-hybridized carbons (Fsp3) is 0.185. The molecule has 0 aliphatic carbocycles. The quantitative estimate of drug-likeness (QED) is 0.114. The van der Waals surface area contributed by atoms with E-state index >= 15 is 0 Å². The molecule has 8 aromatic carbocycles. The van der Waals surface area contributed by atoms with Gasteiger partial charge in [0, 0.05) is 17.1 Å². The molecule has 0 saturated heterocycles. The summed E-state index contributed by atoms with van der Waals surface area (Å²) in [5, 5.41) is 0.766. The van der Waals surface area contributed by atoms with Crippen LogP contribution >= 0.6 is 0 Å². The number of hydrogen-bond acceptors (Lipinski definition) is 4. The molecule has 8 heteroatoms. The Hall–Kier alpha value is -7.78. The fourth-order valence-corrected chi connectivity index (χ4v) is 10.1. The molecule has 362 valence electrons. The van der Waals surface area contributed by atoms with Gasteiger partial charge in [0.15, 0.2) is 5.69 Å². The van der Waals surface area contributed by atoms with Crippen molar-refractivity contribution in [2.45, 2.75) is 79.1 Å². The maximum absolute atomic E-state index is 8.01. The Kier molecular flexibility index (Phi) is 13.4. The molecule has 11 aromatic rings. The average molecular weight is 1130 g/mol. The first-order chi connectivity index (χ1) is 34.9. The van der Waals surface area contributed by atoms with Gasteiger partial charge in [0.1, 0.15) is 0 Å². The van der Waals surface area contributed by atoms with Crippen molar-refractivity contribution in [3.05, 3.63) is 210 Å². The van der Waals surface area contributed by atoms with Crippen molar-refractivity contribution in [3.63, 3.8) is 0 Å². The third-order valence-corrected chi connectivity index (χ3v) is 13.7. The zero-order chi connectivity index (χ0) is 49.8. The maximum Gasteiger partial charge on any atom is 2.00 e. The molecule has 3 heterocycles. The van der Waals surface area contributed by atoms with Crippen molar-refractivity contribution in [3.8, 4) is 67.9 Å². The standard InChI is InChI=1S/C65H55N5O2.Pt/c1-39(2)52-32-46(43-19-12-10-13-20-43)33-53(40(3)4)62(52)69-58-26-17-16-25-56(58)67-64(69)45-23-18-24-50(31-45)72-61-37-48(36-60-51(61)29-30-71-60)65-68-57-28-27-49(66-9)38-59(57)70(65)63-54(41(5)6)34-47(35-55(63)42(7)8)44-21-14-11-15-22-44;/h10-30,32-36,38-42H,1-8H3;/q-2;+2. The number of furan rings is 1. The minimum Gasteiger partial charge on any atom is -0.496 e. The smallest absolute Gasteiger partial charge is 0.496 e. The van der Waals surface area contributed by atoms with Crippen LogP contribution in [0.15, 0.2) is 168 Å². The molecule has 0 amide bonds. The van der Waals surface area contributed by atoms with Crippen LogP contribution in [0, 0.1) is 18.7 Å². The number of para-hydroxylation sites is 2. The van der Waals surface area contributed by atoms with Gasteiger partial charge in [-0.1, -0.05) is 159 Å². The summed E-state index contributed by atoms with van der Waals surface area (Å²) < 4.78 is 17.7. The van der Waals surface area contributed by atoms with Gasteiger partial charge in [-0.25, -0.2) is 4.85 Å². The van der Waals surface area contributed by atoms with E-state index in [0.29, 0.717) is 34.2 Å². The normalized spacial score (nSPS) is 11.7. The van der Waals surface area contributed by atoms with Crippen LogP contribution in [0.5, 0.6) is 11.5 Å². The molecule has 0 bridgehead atoms. The van der Waals surface area contributed by atoms with Gasteiger partial charge in [0.05, 0.1) is 57.9 Å². The van der Waals surface area contributed by atoms with Crippen LogP contribution in [-0.2, 0) is 21.1 Å². The Morgan fingerprint density at radius 1 is 0.507 bits per heavy atom. The Morgan fingerprint density at radius 3 is 1.59 bits per heavy atom. The van der Waals surface area contributed by atoms with Gasteiger partial charge in [-0.2, -0.15) is 0 Å². The zero-order valence-corrected chi connectivity index (χ0v) is 44.5. The van der Waals surface area contributed by atoms with Crippen molar-refractivity contribution in [2.75, 3.05) is 0 Å². The third kappa shape index (κ3) is 9.00. The summed E-state index contributed by atoms with van der Waals surface area (Å²) in [5.41, 5.74) is 17.9. The van der Waals surface area contributed by atoms with Gasteiger partial charge in [0.25, 0.3) is 0 Å². The zero-order valence-electron chi connectivity index (χ0n) is 42.3. The number of hydrogen-bond donors (Lipinski definition) is 0. The summed E-state index contributed by atoms with van der Waals surface area (Å²) in [6, 6.07) is 61.8. The number of nitrogens with zero attached hydrogens (tertiary/aromatic N) is 5. The summed E-state index contributed by atoms with van der Waals surface area (Å²) in [7, 11) is 0. The second-order valence-corrected chi connectivity index (χ2v) is 19.9. The second kappa shape index (κ2) is 20.0. The molecule has 0 radical (unpaired) electrons. The molecule has 0 atom stereocenters. The van der Waals surface area contributed by atoms with Crippen molar-refractivity contribution in [2.24, 2.45) is 0 Å². The van der Waals surface area contributed by atoms with Crippen LogP contribution in [0.1, 0.15) is 101 Å². The average Bonchev–Trinajstić information content (AvgIpc) is 4.14. The SMILES string of the molecule is [C-]#[N+]c1ccc2nc(-c3[c-]c(Oc4[c-]c(-c5nc6ccccc6n5-c5c(C(C)C)cc(-c6ccccc6)cc5C(C)C)ccc4)c4ccoc4c3)n(-c3c(C(C)C)cc(-c4ccccc4)cc3C(C)C)c2c1.[Pt+2]. The Balaban J connectivity index is 0.00000611. The first-order valence-corrected chi connectivity index (χ1v) is 24.9. The van der Waals surface area contributed by atoms with E-state index in [0.717, 1.165) is 61.3 Å². The van der Waals surface area contributed by atoms with E-state index in [9.17, 15) is 0 Å². The summed E-state index contributed by atoms with van der Waals surface area (Å²) >= 11 is 0. The second-order valence-electron chi connectivity index (χ2n) is 19.9. The number of benzene rings is 8. The summed E-state index contributed by atoms with van der Waals surface area (Å²) in [4.78, 5) is 14.5. The summed E-state index contributed by atoms with van der Waals surface area (Å²) in [5.74, 6) is 3.18. The van der Waals surface area contributed by atoms with Gasteiger partial charge < -0.3 is 18.3 Å². The molecule has 0 aliphatic rings. The Morgan fingerprint density at radius 2 is 1.03 bits per heavy atom. The summed E-state index contributed by atoms with van der Waals surface area (Å²) in [6.45, 7) is 26.0. The van der Waals surface area contributed by atoms with Gasteiger partial charge >= 0.3 is 21.1 Å². The number of rotatable bonds is 12. The van der Waals surface area contributed by atoms with E-state index in [-0.39, 0.29) is 44.7 Å². The monoisotopic (exact) mass is 1130 g/mol. The van der Waals surface area contributed by atoms with Gasteiger partial charge in [-0.05, 0) is 122 Å². The molecule has 3 aromatic heterocycles.